The quantitative estimate of drug-likeness (QED) is 0.215. The number of hydrogen-bond donors (Lipinski definition) is 0. The molecule has 0 fully saturated rings. The molecule has 7 rings (SSSR count). The van der Waals surface area contributed by atoms with Crippen molar-refractivity contribution in [1.29, 1.82) is 0 Å². The highest BCUT2D eigenvalue weighted by atomic mass is 32.1. The third-order valence-electron chi connectivity index (χ3n) is 6.71. The van der Waals surface area contributed by atoms with Crippen LogP contribution in [-0.4, -0.2) is 0 Å². The van der Waals surface area contributed by atoms with E-state index in [0.717, 1.165) is 0 Å². The van der Waals surface area contributed by atoms with Gasteiger partial charge in [-0.15, -0.1) is 22.7 Å². The second-order valence-corrected chi connectivity index (χ2v) is 10.3. The summed E-state index contributed by atoms with van der Waals surface area (Å²) in [5.41, 5.74) is 2.76. The Hall–Kier alpha value is -2.94. The summed E-state index contributed by atoms with van der Waals surface area (Å²) < 4.78 is 2.73. The highest BCUT2D eigenvalue weighted by molar-refractivity contribution is 7.17. The van der Waals surface area contributed by atoms with Gasteiger partial charge >= 0.3 is 0 Å². The van der Waals surface area contributed by atoms with E-state index in [1.807, 2.05) is 22.7 Å². The number of fused-ring (bicyclic) bond motifs is 6. The van der Waals surface area contributed by atoms with Crippen LogP contribution in [0.25, 0.3) is 63.3 Å². The van der Waals surface area contributed by atoms with Crippen LogP contribution in [0.4, 0.5) is 0 Å². The first-order valence-electron chi connectivity index (χ1n) is 10.2. The molecule has 0 atom stereocenters. The Morgan fingerprint density at radius 3 is 1.20 bits per heavy atom. The zero-order chi connectivity index (χ0) is 20.0. The van der Waals surface area contributed by atoms with Gasteiger partial charge in [0.2, 0.25) is 0 Å². The zero-order valence-corrected chi connectivity index (χ0v) is 18.4. The summed E-state index contributed by atoms with van der Waals surface area (Å²) in [5.74, 6) is 0. The first kappa shape index (κ1) is 16.8. The summed E-state index contributed by atoms with van der Waals surface area (Å²) in [6.07, 6.45) is 0. The van der Waals surface area contributed by atoms with Gasteiger partial charge in [-0.2, -0.15) is 0 Å². The predicted molar refractivity (Wildman–Crippen MR) is 137 cm³/mol. The fourth-order valence-corrected chi connectivity index (χ4v) is 6.69. The Morgan fingerprint density at radius 1 is 0.433 bits per heavy atom. The molecule has 2 aromatic heterocycles. The van der Waals surface area contributed by atoms with Gasteiger partial charge in [0.05, 0.1) is 0 Å². The molecule has 0 aliphatic heterocycles. The topological polar surface area (TPSA) is 0 Å². The van der Waals surface area contributed by atoms with Gasteiger partial charge in [0.15, 0.2) is 0 Å². The average molecular weight is 419 g/mol. The SMILES string of the molecule is Cc1c2cc3cc4ccsc4cc3cc2c(C)c2cc3cc4ccsc4cc3cc12. The Morgan fingerprint density at radius 2 is 0.800 bits per heavy atom. The fraction of sp³-hybridized carbons (Fsp3) is 0.0714. The van der Waals surface area contributed by atoms with Gasteiger partial charge in [0.1, 0.15) is 0 Å². The molecule has 142 valence electrons. The number of thiophene rings is 2. The Bertz CT molecular complexity index is 1550. The molecule has 0 nitrogen and oxygen atoms in total. The Balaban J connectivity index is 1.65. The van der Waals surface area contributed by atoms with Gasteiger partial charge in [0, 0.05) is 9.40 Å². The van der Waals surface area contributed by atoms with Gasteiger partial charge in [0.25, 0.3) is 0 Å². The fourth-order valence-electron chi connectivity index (χ4n) is 5.05. The average Bonchev–Trinajstić information content (AvgIpc) is 3.40. The van der Waals surface area contributed by atoms with E-state index in [-0.39, 0.29) is 0 Å². The van der Waals surface area contributed by atoms with Crippen LogP contribution < -0.4 is 0 Å². The van der Waals surface area contributed by atoms with E-state index in [9.17, 15) is 0 Å². The van der Waals surface area contributed by atoms with Crippen molar-refractivity contribution in [3.8, 4) is 0 Å². The zero-order valence-electron chi connectivity index (χ0n) is 16.7. The van der Waals surface area contributed by atoms with Crippen LogP contribution in [0.15, 0.2) is 71.4 Å². The van der Waals surface area contributed by atoms with Crippen molar-refractivity contribution in [3.63, 3.8) is 0 Å². The van der Waals surface area contributed by atoms with Crippen LogP contribution in [0.1, 0.15) is 11.1 Å². The molecule has 0 unspecified atom stereocenters. The normalized spacial score (nSPS) is 12.3. The van der Waals surface area contributed by atoms with Crippen molar-refractivity contribution in [3.05, 3.63) is 82.6 Å². The maximum atomic E-state index is 2.40. The summed E-state index contributed by atoms with van der Waals surface area (Å²) in [6, 6.07) is 23.4. The summed E-state index contributed by atoms with van der Waals surface area (Å²) in [6.45, 7) is 4.57. The van der Waals surface area contributed by atoms with Crippen molar-refractivity contribution < 1.29 is 0 Å². The summed E-state index contributed by atoms with van der Waals surface area (Å²) >= 11 is 3.64. The summed E-state index contributed by atoms with van der Waals surface area (Å²) in [5, 5.41) is 17.9. The van der Waals surface area contributed by atoms with Gasteiger partial charge in [-0.05, 0) is 150 Å². The lowest BCUT2D eigenvalue weighted by Gasteiger charge is -2.15. The van der Waals surface area contributed by atoms with E-state index in [1.165, 1.54) is 74.4 Å². The van der Waals surface area contributed by atoms with E-state index in [4.69, 9.17) is 0 Å². The molecular formula is C28H18S2. The van der Waals surface area contributed by atoms with Crippen LogP contribution in [0.2, 0.25) is 0 Å². The first-order valence-corrected chi connectivity index (χ1v) is 12.0. The molecule has 0 radical (unpaired) electrons. The minimum Gasteiger partial charge on any atom is -0.144 e. The van der Waals surface area contributed by atoms with Gasteiger partial charge < -0.3 is 0 Å². The molecule has 0 spiro atoms. The van der Waals surface area contributed by atoms with E-state index < -0.39 is 0 Å². The van der Waals surface area contributed by atoms with E-state index in [2.05, 4.69) is 85.3 Å². The molecule has 5 aromatic carbocycles. The molecule has 0 bridgehead atoms. The number of hydrogen-bond acceptors (Lipinski definition) is 2. The van der Waals surface area contributed by atoms with Crippen LogP contribution in [-0.2, 0) is 0 Å². The lowest BCUT2D eigenvalue weighted by atomic mass is 9.89. The van der Waals surface area contributed by atoms with Crippen LogP contribution in [0.5, 0.6) is 0 Å². The van der Waals surface area contributed by atoms with E-state index >= 15 is 0 Å². The Kier molecular flexibility index (Phi) is 3.26. The van der Waals surface area contributed by atoms with E-state index in [1.54, 1.807) is 0 Å². The largest absolute Gasteiger partial charge is 0.144 e. The van der Waals surface area contributed by atoms with Gasteiger partial charge in [-0.25, -0.2) is 0 Å². The van der Waals surface area contributed by atoms with Crippen LogP contribution >= 0.6 is 22.7 Å². The molecule has 0 aliphatic rings. The molecule has 30 heavy (non-hydrogen) atoms. The maximum absolute atomic E-state index is 2.40. The molecule has 0 saturated heterocycles. The predicted octanol–water partition coefficient (Wildman–Crippen LogP) is 9.35. The third-order valence-corrected chi connectivity index (χ3v) is 8.47. The standard InChI is InChI=1S/C28H18S2/c1-15-23-9-19-7-17-3-5-30-28(17)14-22(19)12-26(23)16(2)24-10-20-8-18-4-6-29-27(18)13-21(20)11-25(15)24/h3-14H,1-2H3. The molecule has 2 heteroatoms. The Labute approximate surface area is 182 Å². The number of aryl methyl sites for hydroxylation is 2. The van der Waals surface area contributed by atoms with E-state index in [0.29, 0.717) is 0 Å². The second kappa shape index (κ2) is 5.81. The molecule has 0 saturated carbocycles. The minimum absolute atomic E-state index is 1.33. The van der Waals surface area contributed by atoms with Crippen LogP contribution in [0, 0.1) is 13.8 Å². The summed E-state index contributed by atoms with van der Waals surface area (Å²) in [7, 11) is 0. The first-order chi connectivity index (χ1) is 14.7. The third kappa shape index (κ3) is 2.21. The monoisotopic (exact) mass is 418 g/mol. The highest BCUT2D eigenvalue weighted by Gasteiger charge is 2.12. The molecular weight excluding hydrogens is 400 g/mol. The second-order valence-electron chi connectivity index (χ2n) is 8.36. The molecule has 0 amide bonds. The van der Waals surface area contributed by atoms with Crippen LogP contribution in [0.3, 0.4) is 0 Å². The van der Waals surface area contributed by atoms with Crippen molar-refractivity contribution >= 4 is 85.9 Å². The summed E-state index contributed by atoms with van der Waals surface area (Å²) in [4.78, 5) is 0. The van der Waals surface area contributed by atoms with Crippen molar-refractivity contribution in [2.75, 3.05) is 0 Å². The van der Waals surface area contributed by atoms with Crippen molar-refractivity contribution in [2.24, 2.45) is 0 Å². The number of benzene rings is 5. The lowest BCUT2D eigenvalue weighted by molar-refractivity contribution is 1.54. The molecule has 2 heterocycles. The lowest BCUT2D eigenvalue weighted by Crippen LogP contribution is -1.90. The molecule has 7 aromatic rings. The van der Waals surface area contributed by atoms with Gasteiger partial charge in [-0.1, -0.05) is 0 Å². The van der Waals surface area contributed by atoms with Crippen molar-refractivity contribution in [2.45, 2.75) is 13.8 Å². The smallest absolute Gasteiger partial charge is 0.0349 e. The maximum Gasteiger partial charge on any atom is 0.0349 e. The highest BCUT2D eigenvalue weighted by Crippen LogP contribution is 2.39. The van der Waals surface area contributed by atoms with Crippen molar-refractivity contribution in [1.82, 2.24) is 0 Å². The minimum atomic E-state index is 1.33. The molecule has 0 N–H and O–H groups in total. The number of rotatable bonds is 0. The molecule has 0 aliphatic carbocycles. The van der Waals surface area contributed by atoms with Gasteiger partial charge in [-0.3, -0.25) is 0 Å².